The van der Waals surface area contributed by atoms with Gasteiger partial charge >= 0.3 is 6.18 Å². The molecular weight excluding hydrogens is 459 g/mol. The Bertz CT molecular complexity index is 1060. The predicted molar refractivity (Wildman–Crippen MR) is 132 cm³/mol. The number of hydrazone groups is 1. The Morgan fingerprint density at radius 3 is 2.47 bits per heavy atom. The summed E-state index contributed by atoms with van der Waals surface area (Å²) in [5.41, 5.74) is 3.76. The Balaban J connectivity index is 0.000000212. The van der Waals surface area contributed by atoms with Gasteiger partial charge < -0.3 is 10.6 Å². The third kappa shape index (κ3) is 5.55. The minimum absolute atomic E-state index is 0.108. The molecule has 0 amide bonds. The van der Waals surface area contributed by atoms with E-state index in [1.54, 1.807) is 25.2 Å². The molecule has 2 aliphatic rings. The Labute approximate surface area is 203 Å². The summed E-state index contributed by atoms with van der Waals surface area (Å²) in [6, 6.07) is 9.35. The van der Waals surface area contributed by atoms with Crippen molar-refractivity contribution in [2.75, 3.05) is 12.4 Å². The van der Waals surface area contributed by atoms with Crippen molar-refractivity contribution in [3.8, 4) is 6.07 Å². The zero-order chi connectivity index (χ0) is 24.9. The van der Waals surface area contributed by atoms with Gasteiger partial charge in [0.1, 0.15) is 16.9 Å². The number of anilines is 1. The number of rotatable bonds is 3. The summed E-state index contributed by atoms with van der Waals surface area (Å²) in [7, 11) is 1.89. The first-order valence-electron chi connectivity index (χ1n) is 11.2. The second kappa shape index (κ2) is 11.0. The van der Waals surface area contributed by atoms with Crippen LogP contribution in [0.25, 0.3) is 0 Å². The quantitative estimate of drug-likeness (QED) is 0.493. The van der Waals surface area contributed by atoms with Crippen molar-refractivity contribution < 1.29 is 13.2 Å². The minimum atomic E-state index is -4.36. The summed E-state index contributed by atoms with van der Waals surface area (Å²) >= 11 is 1.75. The number of nitrogens with one attached hydrogen (secondary N) is 2. The summed E-state index contributed by atoms with van der Waals surface area (Å²) in [6.07, 6.45) is 0.302. The maximum Gasteiger partial charge on any atom is 0.410 e. The zero-order valence-electron chi connectivity index (χ0n) is 19.7. The first kappa shape index (κ1) is 25.6. The van der Waals surface area contributed by atoms with Gasteiger partial charge in [0.2, 0.25) is 0 Å². The first-order chi connectivity index (χ1) is 16.2. The van der Waals surface area contributed by atoms with Crippen molar-refractivity contribution in [1.82, 2.24) is 10.3 Å². The molecule has 5 nitrogen and oxygen atoms in total. The molecule has 2 unspecified atom stereocenters. The second-order valence-electron chi connectivity index (χ2n) is 8.51. The molecule has 1 aliphatic carbocycles. The fraction of sp³-hybridized carbons (Fsp3) is 0.440. The maximum atomic E-state index is 13.3. The Morgan fingerprint density at radius 2 is 1.91 bits per heavy atom. The van der Waals surface area contributed by atoms with Gasteiger partial charge in [0.05, 0.1) is 11.6 Å². The molecule has 2 N–H and O–H groups in total. The molecule has 1 aromatic carbocycles. The number of allylic oxidation sites excluding steroid dienone is 1. The molecule has 0 bridgehead atoms. The lowest BCUT2D eigenvalue weighted by atomic mass is 9.95. The maximum absolute atomic E-state index is 13.3. The third-order valence-corrected chi connectivity index (χ3v) is 7.32. The lowest BCUT2D eigenvalue weighted by Crippen LogP contribution is -2.52. The normalized spacial score (nSPS) is 19.7. The highest BCUT2D eigenvalue weighted by molar-refractivity contribution is 7.16. The van der Waals surface area contributed by atoms with E-state index in [0.29, 0.717) is 5.82 Å². The Morgan fingerprint density at radius 1 is 1.24 bits per heavy atom. The van der Waals surface area contributed by atoms with Crippen molar-refractivity contribution in [3.05, 3.63) is 63.3 Å². The highest BCUT2D eigenvalue weighted by Gasteiger charge is 2.48. The van der Waals surface area contributed by atoms with Gasteiger partial charge in [-0.25, -0.2) is 5.01 Å². The molecule has 2 atom stereocenters. The van der Waals surface area contributed by atoms with E-state index in [4.69, 9.17) is 5.26 Å². The summed E-state index contributed by atoms with van der Waals surface area (Å²) in [6.45, 7) is 6.78. The molecule has 0 saturated carbocycles. The van der Waals surface area contributed by atoms with Crippen LogP contribution in [-0.4, -0.2) is 31.0 Å². The molecule has 2 heterocycles. The van der Waals surface area contributed by atoms with E-state index in [0.717, 1.165) is 39.6 Å². The van der Waals surface area contributed by atoms with Crippen LogP contribution in [0.3, 0.4) is 0 Å². The van der Waals surface area contributed by atoms with Crippen molar-refractivity contribution in [1.29, 1.82) is 5.26 Å². The molecule has 0 spiro atoms. The molecule has 182 valence electrons. The highest BCUT2D eigenvalue weighted by atomic mass is 32.1. The number of fused-ring (bicyclic) bond motifs is 1. The molecule has 1 aromatic heterocycles. The van der Waals surface area contributed by atoms with E-state index in [9.17, 15) is 13.2 Å². The largest absolute Gasteiger partial charge is 0.410 e. The van der Waals surface area contributed by atoms with Crippen molar-refractivity contribution >= 4 is 23.1 Å². The van der Waals surface area contributed by atoms with Crippen LogP contribution in [0.15, 0.2) is 46.8 Å². The van der Waals surface area contributed by atoms with Crippen LogP contribution < -0.4 is 10.6 Å². The van der Waals surface area contributed by atoms with E-state index in [-0.39, 0.29) is 6.42 Å². The average molecular weight is 490 g/mol. The van der Waals surface area contributed by atoms with Gasteiger partial charge in [-0.05, 0) is 56.2 Å². The average Bonchev–Trinajstić information content (AvgIpc) is 3.21. The smallest absolute Gasteiger partial charge is 0.379 e. The molecule has 1 aliphatic heterocycles. The zero-order valence-corrected chi connectivity index (χ0v) is 20.5. The number of nitrogens with zero attached hydrogens (tertiary/aromatic N) is 3. The number of benzene rings is 1. The monoisotopic (exact) mass is 489 g/mol. The van der Waals surface area contributed by atoms with E-state index >= 15 is 0 Å². The van der Waals surface area contributed by atoms with Gasteiger partial charge in [-0.15, -0.1) is 11.3 Å². The number of thiophene rings is 1. The summed E-state index contributed by atoms with van der Waals surface area (Å²) < 4.78 is 40.0. The summed E-state index contributed by atoms with van der Waals surface area (Å²) in [5, 5.41) is 20.8. The van der Waals surface area contributed by atoms with Crippen LogP contribution in [0.2, 0.25) is 0 Å². The van der Waals surface area contributed by atoms with Crippen molar-refractivity contribution in [3.63, 3.8) is 0 Å². The highest BCUT2D eigenvalue weighted by Crippen LogP contribution is 2.39. The molecular formula is C25H30F3N5S. The fourth-order valence-corrected chi connectivity index (χ4v) is 5.54. The van der Waals surface area contributed by atoms with Crippen LogP contribution in [0, 0.1) is 11.3 Å². The number of aryl methyl sites for hydroxylation is 1. The van der Waals surface area contributed by atoms with Gasteiger partial charge in [-0.2, -0.15) is 23.5 Å². The number of hydrogen-bond acceptors (Lipinski definition) is 6. The molecule has 2 aromatic rings. The van der Waals surface area contributed by atoms with E-state index in [1.165, 1.54) is 23.3 Å². The van der Waals surface area contributed by atoms with Crippen molar-refractivity contribution in [2.24, 2.45) is 5.10 Å². The molecule has 34 heavy (non-hydrogen) atoms. The second-order valence-corrected chi connectivity index (χ2v) is 9.62. The molecule has 0 radical (unpaired) electrons. The van der Waals surface area contributed by atoms with Crippen LogP contribution in [-0.2, 0) is 12.8 Å². The SMILES string of the molecule is C=NN1C(=C(C)C)NC(c2ccccc2)CC1C(F)(F)F.CNc1sc2c(c1C#N)CCCC2. The van der Waals surface area contributed by atoms with Crippen LogP contribution >= 0.6 is 11.3 Å². The van der Waals surface area contributed by atoms with Gasteiger partial charge in [0, 0.05) is 25.1 Å². The number of hydrogen-bond donors (Lipinski definition) is 2. The third-order valence-electron chi connectivity index (χ3n) is 6.01. The topological polar surface area (TPSA) is 63.4 Å². The number of alkyl halides is 3. The van der Waals surface area contributed by atoms with Crippen molar-refractivity contribution in [2.45, 2.75) is 64.2 Å². The van der Waals surface area contributed by atoms with Gasteiger partial charge in [-0.3, -0.25) is 0 Å². The molecule has 1 saturated heterocycles. The lowest BCUT2D eigenvalue weighted by Gasteiger charge is -2.41. The van der Waals surface area contributed by atoms with E-state index in [2.05, 4.69) is 28.5 Å². The predicted octanol–water partition coefficient (Wildman–Crippen LogP) is 6.36. The fourth-order valence-electron chi connectivity index (χ4n) is 4.35. The van der Waals surface area contributed by atoms with Crippen LogP contribution in [0.4, 0.5) is 18.2 Å². The Kier molecular flexibility index (Phi) is 8.26. The standard InChI is InChI=1S/C15H18F3N3.C10H12N2S/c1-10(2)14-20-12(11-7-5-4-6-8-11)9-13(15(16,17)18)21(14)19-3;1-12-10-8(6-11)7-4-2-3-5-9(7)13-10/h4-8,12-13,20H,3,9H2,1-2H3;12H,2-5H2,1H3. The molecule has 9 heteroatoms. The van der Waals surface area contributed by atoms with E-state index < -0.39 is 18.3 Å². The summed E-state index contributed by atoms with van der Waals surface area (Å²) in [5.74, 6) is 0.368. The first-order valence-corrected chi connectivity index (χ1v) is 12.1. The number of halogens is 3. The van der Waals surface area contributed by atoms with E-state index in [1.807, 2.05) is 37.4 Å². The van der Waals surface area contributed by atoms with Crippen LogP contribution in [0.5, 0.6) is 0 Å². The van der Waals surface area contributed by atoms with Crippen LogP contribution in [0.1, 0.15) is 60.7 Å². The summed E-state index contributed by atoms with van der Waals surface area (Å²) in [4.78, 5) is 1.42. The van der Waals surface area contributed by atoms with Gasteiger partial charge in [0.15, 0.2) is 6.04 Å². The van der Waals surface area contributed by atoms with Gasteiger partial charge in [-0.1, -0.05) is 30.3 Å². The lowest BCUT2D eigenvalue weighted by molar-refractivity contribution is -0.188. The van der Waals surface area contributed by atoms with Gasteiger partial charge in [0.25, 0.3) is 0 Å². The minimum Gasteiger partial charge on any atom is -0.379 e. The Hall–Kier alpha value is -2.99. The number of nitriles is 1. The molecule has 1 fully saturated rings. The molecule has 4 rings (SSSR count).